The zero-order valence-corrected chi connectivity index (χ0v) is 19.3. The Hall–Kier alpha value is -3.50. The molecular formula is C24H29FN4O5. The minimum atomic E-state index is -0.971. The van der Waals surface area contributed by atoms with Gasteiger partial charge < -0.3 is 31.1 Å². The topological polar surface area (TPSA) is 144 Å². The lowest BCUT2D eigenvalue weighted by molar-refractivity contribution is -0.122. The van der Waals surface area contributed by atoms with E-state index in [0.717, 1.165) is 0 Å². The lowest BCUT2D eigenvalue weighted by Gasteiger charge is -2.15. The zero-order valence-electron chi connectivity index (χ0n) is 19.3. The molecule has 3 rings (SSSR count). The van der Waals surface area contributed by atoms with Crippen molar-refractivity contribution in [1.82, 2.24) is 15.6 Å². The molecule has 0 radical (unpaired) electrons. The van der Waals surface area contributed by atoms with Crippen LogP contribution in [0.2, 0.25) is 0 Å². The minimum Gasteiger partial charge on any atom is -0.393 e. The van der Waals surface area contributed by atoms with Gasteiger partial charge in [0.15, 0.2) is 0 Å². The van der Waals surface area contributed by atoms with E-state index in [4.69, 9.17) is 0 Å². The second kappa shape index (κ2) is 10.6. The van der Waals surface area contributed by atoms with Gasteiger partial charge in [-0.15, -0.1) is 0 Å². The smallest absolute Gasteiger partial charge is 0.256 e. The quantitative estimate of drug-likeness (QED) is 0.308. The average Bonchev–Trinajstić information content (AvgIpc) is 3.22. The number of nitrogens with one attached hydrogen (secondary N) is 4. The van der Waals surface area contributed by atoms with Crippen molar-refractivity contribution in [3.05, 3.63) is 52.1 Å². The highest BCUT2D eigenvalue weighted by Crippen LogP contribution is 2.34. The van der Waals surface area contributed by atoms with Crippen LogP contribution in [0.1, 0.15) is 52.1 Å². The fraction of sp³-hybridized carbons (Fsp3) is 0.375. The van der Waals surface area contributed by atoms with Crippen LogP contribution in [-0.4, -0.2) is 58.7 Å². The molecule has 1 aliphatic heterocycles. The molecule has 1 aromatic heterocycles. The summed E-state index contributed by atoms with van der Waals surface area (Å²) in [5.41, 5.74) is 3.47. The Balaban J connectivity index is 1.65. The maximum Gasteiger partial charge on any atom is 0.256 e. The van der Waals surface area contributed by atoms with Gasteiger partial charge in [0.05, 0.1) is 29.8 Å². The molecule has 0 saturated heterocycles. The molecule has 0 aliphatic carbocycles. The van der Waals surface area contributed by atoms with Crippen LogP contribution < -0.4 is 16.0 Å². The molecule has 34 heavy (non-hydrogen) atoms. The van der Waals surface area contributed by atoms with Crippen molar-refractivity contribution in [2.24, 2.45) is 0 Å². The number of aromatic nitrogens is 1. The third-order valence-electron chi connectivity index (χ3n) is 5.76. The van der Waals surface area contributed by atoms with Gasteiger partial charge in [-0.05, 0) is 56.5 Å². The molecule has 0 saturated carbocycles. The van der Waals surface area contributed by atoms with E-state index in [9.17, 15) is 29.0 Å². The third kappa shape index (κ3) is 5.70. The molecule has 0 bridgehead atoms. The van der Waals surface area contributed by atoms with Gasteiger partial charge in [-0.3, -0.25) is 14.4 Å². The van der Waals surface area contributed by atoms with Gasteiger partial charge in [-0.2, -0.15) is 0 Å². The average molecular weight is 473 g/mol. The van der Waals surface area contributed by atoms with Crippen molar-refractivity contribution in [1.29, 1.82) is 0 Å². The normalized spacial score (nSPS) is 15.6. The molecule has 10 heteroatoms. The number of halogens is 1. The van der Waals surface area contributed by atoms with Crippen molar-refractivity contribution in [3.8, 4) is 0 Å². The molecular weight excluding hydrogens is 443 g/mol. The van der Waals surface area contributed by atoms with Crippen LogP contribution in [0.3, 0.4) is 0 Å². The summed E-state index contributed by atoms with van der Waals surface area (Å²) in [6.07, 6.45) is -0.130. The number of aryl methyl sites for hydroxylation is 1. The Morgan fingerprint density at radius 2 is 1.94 bits per heavy atom. The SMILES string of the molecule is CNC(=O)C[C@H](O)C[C@H](O)CCNC(=O)c1c(C)[nH]c(C=C2C(=O)Nc3ccc(F)cc32)c1C. The number of amides is 3. The molecule has 0 fully saturated rings. The number of H-pyrrole nitrogens is 1. The van der Waals surface area contributed by atoms with Gasteiger partial charge in [-0.25, -0.2) is 4.39 Å². The summed E-state index contributed by atoms with van der Waals surface area (Å²) in [5.74, 6) is -1.48. The van der Waals surface area contributed by atoms with Crippen LogP contribution in [-0.2, 0) is 9.59 Å². The molecule has 0 unspecified atom stereocenters. The Kier molecular flexibility index (Phi) is 7.85. The van der Waals surface area contributed by atoms with Crippen molar-refractivity contribution in [2.75, 3.05) is 18.9 Å². The predicted octanol–water partition coefficient (Wildman–Crippen LogP) is 1.63. The summed E-state index contributed by atoms with van der Waals surface area (Å²) in [5, 5.41) is 27.7. The van der Waals surface area contributed by atoms with Crippen LogP contribution >= 0.6 is 0 Å². The van der Waals surface area contributed by atoms with E-state index < -0.39 is 18.0 Å². The standard InChI is InChI=1S/C24H29FN4O5/c1-12-20(11-18-17-8-14(25)4-5-19(17)29-23(18)33)28-13(2)22(12)24(34)27-7-6-15(30)9-16(31)10-21(32)26-3/h4-5,8,11,15-16,28,30-31H,6-7,9-10H2,1-3H3,(H,26,32)(H,27,34)(H,29,33)/t15-,16-/m1/s1. The minimum absolute atomic E-state index is 0.0212. The third-order valence-corrected chi connectivity index (χ3v) is 5.76. The summed E-state index contributed by atoms with van der Waals surface area (Å²) in [6.45, 7) is 3.65. The number of rotatable bonds is 9. The number of aliphatic hydroxyl groups excluding tert-OH is 2. The van der Waals surface area contributed by atoms with Gasteiger partial charge in [0, 0.05) is 36.2 Å². The number of aromatic amines is 1. The molecule has 1 aliphatic rings. The first-order valence-corrected chi connectivity index (χ1v) is 11.0. The highest BCUT2D eigenvalue weighted by Gasteiger charge is 2.26. The number of benzene rings is 1. The first-order chi connectivity index (χ1) is 16.1. The van der Waals surface area contributed by atoms with E-state index in [0.29, 0.717) is 39.3 Å². The maximum absolute atomic E-state index is 13.7. The zero-order chi connectivity index (χ0) is 25.0. The Bertz CT molecular complexity index is 1140. The van der Waals surface area contributed by atoms with E-state index in [1.165, 1.54) is 25.2 Å². The first kappa shape index (κ1) is 25.1. The number of hydrogen-bond acceptors (Lipinski definition) is 5. The monoisotopic (exact) mass is 472 g/mol. The molecule has 6 N–H and O–H groups in total. The Labute approximate surface area is 196 Å². The van der Waals surface area contributed by atoms with Gasteiger partial charge in [0.1, 0.15) is 5.82 Å². The van der Waals surface area contributed by atoms with Gasteiger partial charge in [0.2, 0.25) is 5.91 Å². The van der Waals surface area contributed by atoms with Gasteiger partial charge in [-0.1, -0.05) is 0 Å². The van der Waals surface area contributed by atoms with E-state index in [1.807, 2.05) is 0 Å². The number of anilines is 1. The van der Waals surface area contributed by atoms with Crippen LogP contribution in [0.15, 0.2) is 18.2 Å². The van der Waals surface area contributed by atoms with Crippen LogP contribution in [0.25, 0.3) is 11.6 Å². The highest BCUT2D eigenvalue weighted by atomic mass is 19.1. The number of hydrogen-bond donors (Lipinski definition) is 6. The fourth-order valence-electron chi connectivity index (χ4n) is 3.98. The maximum atomic E-state index is 13.7. The lowest BCUT2D eigenvalue weighted by Crippen LogP contribution is -2.30. The number of aliphatic hydroxyl groups is 2. The van der Waals surface area contributed by atoms with Crippen LogP contribution in [0.5, 0.6) is 0 Å². The van der Waals surface area contributed by atoms with E-state index in [1.54, 1.807) is 19.9 Å². The molecule has 2 aromatic rings. The Morgan fingerprint density at radius 3 is 2.65 bits per heavy atom. The predicted molar refractivity (Wildman–Crippen MR) is 125 cm³/mol. The summed E-state index contributed by atoms with van der Waals surface area (Å²) in [6, 6.07) is 4.06. The summed E-state index contributed by atoms with van der Waals surface area (Å²) >= 11 is 0. The lowest BCUT2D eigenvalue weighted by atomic mass is 10.0. The van der Waals surface area contributed by atoms with Crippen molar-refractivity contribution >= 4 is 35.1 Å². The second-order valence-corrected chi connectivity index (χ2v) is 8.33. The number of carbonyl (C=O) groups is 3. The van der Waals surface area contributed by atoms with Crippen molar-refractivity contribution in [3.63, 3.8) is 0 Å². The largest absolute Gasteiger partial charge is 0.393 e. The van der Waals surface area contributed by atoms with E-state index in [2.05, 4.69) is 20.9 Å². The molecule has 2 heterocycles. The molecule has 0 spiro atoms. The first-order valence-electron chi connectivity index (χ1n) is 11.0. The van der Waals surface area contributed by atoms with E-state index >= 15 is 0 Å². The summed E-state index contributed by atoms with van der Waals surface area (Å²) in [7, 11) is 1.47. The Morgan fingerprint density at radius 1 is 1.21 bits per heavy atom. The van der Waals surface area contributed by atoms with Gasteiger partial charge in [0.25, 0.3) is 11.8 Å². The van der Waals surface area contributed by atoms with Crippen LogP contribution in [0.4, 0.5) is 10.1 Å². The molecule has 1 aromatic carbocycles. The number of carbonyl (C=O) groups excluding carboxylic acids is 3. The van der Waals surface area contributed by atoms with Crippen molar-refractivity contribution in [2.45, 2.75) is 45.3 Å². The fourth-order valence-corrected chi connectivity index (χ4v) is 3.98. The molecule has 9 nitrogen and oxygen atoms in total. The number of fused-ring (bicyclic) bond motifs is 1. The highest BCUT2D eigenvalue weighted by molar-refractivity contribution is 6.34. The summed E-state index contributed by atoms with van der Waals surface area (Å²) < 4.78 is 13.7. The molecule has 3 amide bonds. The van der Waals surface area contributed by atoms with Gasteiger partial charge >= 0.3 is 0 Å². The summed E-state index contributed by atoms with van der Waals surface area (Å²) in [4.78, 5) is 39.5. The molecule has 182 valence electrons. The van der Waals surface area contributed by atoms with Crippen LogP contribution in [0, 0.1) is 19.7 Å². The van der Waals surface area contributed by atoms with E-state index in [-0.39, 0.29) is 43.5 Å². The molecule has 2 atom stereocenters. The second-order valence-electron chi connectivity index (χ2n) is 8.33. The van der Waals surface area contributed by atoms with Crippen molar-refractivity contribution < 1.29 is 29.0 Å².